The van der Waals surface area contributed by atoms with Gasteiger partial charge in [-0.2, -0.15) is 0 Å². The highest BCUT2D eigenvalue weighted by Gasteiger charge is 2.22. The van der Waals surface area contributed by atoms with Gasteiger partial charge in [0.1, 0.15) is 13.2 Å². The van der Waals surface area contributed by atoms with E-state index >= 15 is 0 Å². The zero-order chi connectivity index (χ0) is 20.1. The molecule has 1 aliphatic carbocycles. The number of nitrogens with zero attached hydrogens (tertiary/aromatic N) is 1. The molecule has 7 heteroatoms. The Morgan fingerprint density at radius 3 is 2.83 bits per heavy atom. The number of rotatable bonds is 6. The SMILES string of the molecule is COc1cc(C(=O)Nc2ncccc2OCC2CCCCC2)cc2c1OCCO2. The average Bonchev–Trinajstić information content (AvgIpc) is 2.78. The number of pyridine rings is 1. The third-order valence-electron chi connectivity index (χ3n) is 5.29. The molecule has 2 heterocycles. The van der Waals surface area contributed by atoms with E-state index in [9.17, 15) is 4.79 Å². The van der Waals surface area contributed by atoms with Crippen LogP contribution in [0.3, 0.4) is 0 Å². The molecule has 7 nitrogen and oxygen atoms in total. The van der Waals surface area contributed by atoms with E-state index in [0.717, 1.165) is 0 Å². The largest absolute Gasteiger partial charge is 0.493 e. The number of carbonyl (C=O) groups is 1. The molecule has 1 N–H and O–H groups in total. The van der Waals surface area contributed by atoms with Gasteiger partial charge >= 0.3 is 0 Å². The number of methoxy groups -OCH3 is 1. The molecule has 1 saturated carbocycles. The van der Waals surface area contributed by atoms with E-state index in [-0.39, 0.29) is 5.91 Å². The predicted molar refractivity (Wildman–Crippen MR) is 108 cm³/mol. The maximum Gasteiger partial charge on any atom is 0.257 e. The highest BCUT2D eigenvalue weighted by molar-refractivity contribution is 6.05. The molecule has 0 unspecified atom stereocenters. The van der Waals surface area contributed by atoms with Crippen LogP contribution in [0.2, 0.25) is 0 Å². The first kappa shape index (κ1) is 19.4. The summed E-state index contributed by atoms with van der Waals surface area (Å²) < 4.78 is 22.6. The summed E-state index contributed by atoms with van der Waals surface area (Å²) >= 11 is 0. The number of hydrogen-bond donors (Lipinski definition) is 1. The van der Waals surface area contributed by atoms with E-state index in [1.165, 1.54) is 39.2 Å². The number of carbonyl (C=O) groups excluding carboxylic acids is 1. The van der Waals surface area contributed by atoms with Crippen LogP contribution in [0.1, 0.15) is 42.5 Å². The molecule has 2 aromatic rings. The third-order valence-corrected chi connectivity index (χ3v) is 5.29. The number of nitrogens with one attached hydrogen (secondary N) is 1. The fraction of sp³-hybridized carbons (Fsp3) is 0.455. The van der Waals surface area contributed by atoms with E-state index in [1.54, 1.807) is 24.4 Å². The Hall–Kier alpha value is -2.96. The van der Waals surface area contributed by atoms with Gasteiger partial charge in [-0.1, -0.05) is 19.3 Å². The number of aromatic nitrogens is 1. The molecule has 0 spiro atoms. The van der Waals surface area contributed by atoms with Crippen LogP contribution in [0, 0.1) is 5.92 Å². The van der Waals surface area contributed by atoms with Crippen molar-refractivity contribution in [2.75, 3.05) is 32.2 Å². The summed E-state index contributed by atoms with van der Waals surface area (Å²) in [6.45, 7) is 1.53. The molecule has 0 saturated heterocycles. The minimum absolute atomic E-state index is 0.318. The van der Waals surface area contributed by atoms with E-state index in [1.807, 2.05) is 6.07 Å². The van der Waals surface area contributed by atoms with Gasteiger partial charge in [0.2, 0.25) is 5.75 Å². The second-order valence-corrected chi connectivity index (χ2v) is 7.32. The Morgan fingerprint density at radius 1 is 1.17 bits per heavy atom. The average molecular weight is 398 g/mol. The number of ether oxygens (including phenoxy) is 4. The van der Waals surface area contributed by atoms with Crippen LogP contribution in [-0.4, -0.2) is 37.8 Å². The van der Waals surface area contributed by atoms with Gasteiger partial charge in [0.15, 0.2) is 23.1 Å². The highest BCUT2D eigenvalue weighted by atomic mass is 16.6. The number of benzene rings is 1. The van der Waals surface area contributed by atoms with E-state index in [0.29, 0.717) is 60.1 Å². The summed E-state index contributed by atoms with van der Waals surface area (Å²) in [6.07, 6.45) is 7.85. The van der Waals surface area contributed by atoms with Crippen molar-refractivity contribution < 1.29 is 23.7 Å². The van der Waals surface area contributed by atoms with Crippen LogP contribution in [0.25, 0.3) is 0 Å². The number of anilines is 1. The van der Waals surface area contributed by atoms with Crippen molar-refractivity contribution in [2.24, 2.45) is 5.92 Å². The van der Waals surface area contributed by atoms with Crippen LogP contribution in [0.5, 0.6) is 23.0 Å². The zero-order valence-electron chi connectivity index (χ0n) is 16.6. The molecule has 2 aliphatic rings. The fourth-order valence-corrected chi connectivity index (χ4v) is 3.75. The van der Waals surface area contributed by atoms with Gasteiger partial charge < -0.3 is 24.3 Å². The van der Waals surface area contributed by atoms with Gasteiger partial charge in [0.25, 0.3) is 5.91 Å². The minimum atomic E-state index is -0.318. The maximum absolute atomic E-state index is 12.9. The first-order valence-electron chi connectivity index (χ1n) is 10.1. The summed E-state index contributed by atoms with van der Waals surface area (Å²) in [7, 11) is 1.53. The van der Waals surface area contributed by atoms with Gasteiger partial charge in [-0.15, -0.1) is 0 Å². The quantitative estimate of drug-likeness (QED) is 0.790. The molecule has 1 aliphatic heterocycles. The van der Waals surface area contributed by atoms with Gasteiger partial charge in [-0.3, -0.25) is 4.79 Å². The van der Waals surface area contributed by atoms with Gasteiger partial charge in [0, 0.05) is 11.8 Å². The highest BCUT2D eigenvalue weighted by Crippen LogP contribution is 2.40. The Bertz CT molecular complexity index is 847. The van der Waals surface area contributed by atoms with E-state index < -0.39 is 0 Å². The van der Waals surface area contributed by atoms with Crippen LogP contribution in [0.4, 0.5) is 5.82 Å². The van der Waals surface area contributed by atoms with Crippen LogP contribution in [-0.2, 0) is 0 Å². The lowest BCUT2D eigenvalue weighted by Crippen LogP contribution is -2.19. The van der Waals surface area contributed by atoms with Crippen molar-refractivity contribution in [3.8, 4) is 23.0 Å². The topological polar surface area (TPSA) is 78.9 Å². The molecule has 0 atom stereocenters. The van der Waals surface area contributed by atoms with E-state index in [4.69, 9.17) is 18.9 Å². The molecular formula is C22H26N2O5. The van der Waals surface area contributed by atoms with Crippen molar-refractivity contribution in [3.05, 3.63) is 36.0 Å². The van der Waals surface area contributed by atoms with Crippen molar-refractivity contribution in [2.45, 2.75) is 32.1 Å². The lowest BCUT2D eigenvalue weighted by Gasteiger charge is -2.22. The van der Waals surface area contributed by atoms with Crippen molar-refractivity contribution >= 4 is 11.7 Å². The third kappa shape index (κ3) is 4.55. The summed E-state index contributed by atoms with van der Waals surface area (Å²) in [5.74, 6) is 2.71. The second-order valence-electron chi connectivity index (χ2n) is 7.32. The lowest BCUT2D eigenvalue weighted by molar-refractivity contribution is 0.102. The van der Waals surface area contributed by atoms with E-state index in [2.05, 4.69) is 10.3 Å². The Kier molecular flexibility index (Phi) is 6.03. The molecule has 1 aromatic carbocycles. The maximum atomic E-state index is 12.9. The molecule has 0 radical (unpaired) electrons. The molecule has 1 amide bonds. The predicted octanol–water partition coefficient (Wildman–Crippen LogP) is 4.07. The standard InChI is InChI=1S/C22H26N2O5/c1-26-18-12-16(13-19-20(18)28-11-10-27-19)22(25)24-21-17(8-5-9-23-21)29-14-15-6-3-2-4-7-15/h5,8-9,12-13,15H,2-4,6-7,10-11,14H2,1H3,(H,23,24,25). The second kappa shape index (κ2) is 9.03. The van der Waals surface area contributed by atoms with Crippen molar-refractivity contribution in [3.63, 3.8) is 0 Å². The lowest BCUT2D eigenvalue weighted by atomic mass is 9.90. The molecule has 154 valence electrons. The molecule has 1 fully saturated rings. The summed E-state index contributed by atoms with van der Waals surface area (Å²) in [6, 6.07) is 6.92. The van der Waals surface area contributed by atoms with Crippen molar-refractivity contribution in [1.29, 1.82) is 0 Å². The molecule has 1 aromatic heterocycles. The van der Waals surface area contributed by atoms with Crippen LogP contribution in [0.15, 0.2) is 30.5 Å². The smallest absolute Gasteiger partial charge is 0.257 e. The van der Waals surface area contributed by atoms with Crippen LogP contribution >= 0.6 is 0 Å². The first-order valence-corrected chi connectivity index (χ1v) is 10.1. The molecule has 29 heavy (non-hydrogen) atoms. The van der Waals surface area contributed by atoms with Crippen molar-refractivity contribution in [1.82, 2.24) is 4.98 Å². The van der Waals surface area contributed by atoms with Crippen LogP contribution < -0.4 is 24.3 Å². The molecule has 4 rings (SSSR count). The number of hydrogen-bond acceptors (Lipinski definition) is 6. The Balaban J connectivity index is 1.48. The minimum Gasteiger partial charge on any atom is -0.493 e. The monoisotopic (exact) mass is 398 g/mol. The number of fused-ring (bicyclic) bond motifs is 1. The van der Waals surface area contributed by atoms with Gasteiger partial charge in [-0.25, -0.2) is 4.98 Å². The molecular weight excluding hydrogens is 372 g/mol. The fourth-order valence-electron chi connectivity index (χ4n) is 3.75. The Morgan fingerprint density at radius 2 is 2.00 bits per heavy atom. The normalized spacial score (nSPS) is 16.2. The summed E-state index contributed by atoms with van der Waals surface area (Å²) in [4.78, 5) is 17.2. The van der Waals surface area contributed by atoms with Gasteiger partial charge in [-0.05, 0) is 43.0 Å². The Labute approximate surface area is 170 Å². The molecule has 0 bridgehead atoms. The van der Waals surface area contributed by atoms with Gasteiger partial charge in [0.05, 0.1) is 13.7 Å². The number of amides is 1. The summed E-state index contributed by atoms with van der Waals surface area (Å²) in [5, 5.41) is 2.85. The zero-order valence-corrected chi connectivity index (χ0v) is 16.6. The summed E-state index contributed by atoms with van der Waals surface area (Å²) in [5.41, 5.74) is 0.398. The first-order chi connectivity index (χ1) is 14.2.